The van der Waals surface area contributed by atoms with Crippen molar-refractivity contribution in [1.29, 1.82) is 0 Å². The molecule has 0 amide bonds. The zero-order valence-electron chi connectivity index (χ0n) is 23.9. The van der Waals surface area contributed by atoms with Crippen LogP contribution >= 0.6 is 0 Å². The van der Waals surface area contributed by atoms with Crippen molar-refractivity contribution in [1.82, 2.24) is 53.7 Å². The summed E-state index contributed by atoms with van der Waals surface area (Å²) < 4.78 is 4.32. The van der Waals surface area contributed by atoms with Crippen molar-refractivity contribution < 1.29 is 0 Å². The molecule has 46 heavy (non-hydrogen) atoms. The highest BCUT2D eigenvalue weighted by Crippen LogP contribution is 2.37. The zero-order chi connectivity index (χ0) is 30.2. The maximum absolute atomic E-state index is 5.21. The predicted octanol–water partition coefficient (Wildman–Crippen LogP) is 4.99. The average molecular weight is 594 g/mol. The summed E-state index contributed by atoms with van der Waals surface area (Å²) in [5, 5.41) is 4.01. The van der Waals surface area contributed by atoms with E-state index in [9.17, 15) is 0 Å². The summed E-state index contributed by atoms with van der Waals surface area (Å²) in [5.74, 6) is 0. The number of hydrogen-bond acceptors (Lipinski definition) is 9. The Morgan fingerprint density at radius 3 is 1.72 bits per heavy atom. The first-order valence-corrected chi connectivity index (χ1v) is 14.6. The summed E-state index contributed by atoms with van der Waals surface area (Å²) in [6, 6.07) is 16.5. The van der Waals surface area contributed by atoms with Gasteiger partial charge < -0.3 is 0 Å². The Balaban J connectivity index is 1.60. The molecule has 8 aromatic heterocycles. The van der Waals surface area contributed by atoms with E-state index in [0.29, 0.717) is 28.3 Å². The quantitative estimate of drug-likeness (QED) is 0.278. The van der Waals surface area contributed by atoms with Gasteiger partial charge in [-0.05, 0) is 12.1 Å². The molecule has 0 radical (unpaired) electrons. The van der Waals surface area contributed by atoms with Crippen LogP contribution in [0, 0.1) is 0 Å². The molecule has 11 heteroatoms. The number of benzene rings is 2. The first-order chi connectivity index (χ1) is 22.9. The monoisotopic (exact) mass is 593 g/mol. The summed E-state index contributed by atoms with van der Waals surface area (Å²) in [6.45, 7) is 0. The number of rotatable bonds is 3. The third kappa shape index (κ3) is 3.33. The normalized spacial score (nSPS) is 11.9. The van der Waals surface area contributed by atoms with E-state index < -0.39 is 0 Å². The van der Waals surface area contributed by atoms with Gasteiger partial charge in [0.1, 0.15) is 16.5 Å². The average Bonchev–Trinajstić information content (AvgIpc) is 3.60. The first kappa shape index (κ1) is 24.7. The molecule has 0 aliphatic rings. The fourth-order valence-corrected chi connectivity index (χ4v) is 6.62. The van der Waals surface area contributed by atoms with E-state index in [-0.39, 0.29) is 0 Å². The van der Waals surface area contributed by atoms with E-state index in [2.05, 4.69) is 60.2 Å². The van der Waals surface area contributed by atoms with Gasteiger partial charge in [-0.2, -0.15) is 0 Å². The molecule has 0 bridgehead atoms. The van der Waals surface area contributed by atoms with Crippen molar-refractivity contribution in [2.75, 3.05) is 0 Å². The van der Waals surface area contributed by atoms with Gasteiger partial charge in [-0.3, -0.25) is 38.7 Å². The number of fused-ring (bicyclic) bond motifs is 7. The van der Waals surface area contributed by atoms with Crippen LogP contribution in [0.1, 0.15) is 11.4 Å². The van der Waals surface area contributed by atoms with Crippen LogP contribution in [0.2, 0.25) is 0 Å². The second kappa shape index (κ2) is 9.37. The Kier molecular flexibility index (Phi) is 5.03. The third-order valence-electron chi connectivity index (χ3n) is 8.44. The van der Waals surface area contributed by atoms with Gasteiger partial charge in [0.25, 0.3) is 0 Å². The van der Waals surface area contributed by atoms with Crippen LogP contribution < -0.4 is 5.48 Å². The number of pyridine rings is 1. The molecule has 0 saturated carbocycles. The lowest BCUT2D eigenvalue weighted by atomic mass is 10.1. The molecule has 0 aliphatic carbocycles. The van der Waals surface area contributed by atoms with Crippen LogP contribution in [0.4, 0.5) is 0 Å². The third-order valence-corrected chi connectivity index (χ3v) is 8.44. The standard InChI is InChI=1S/C35H19N11/c1-3-21-22-4-2-6-24-30-34(43-19-25(44-30)20-7-9-36-10-8-20)46(32(22)24)35(45-31(21)23(5-1)29-33(45)42-16-15-41-29)28(26-17-37-11-13-39-26)27-18-38-12-14-40-27/h1-19H. The number of nitrogens with zero attached hydrogens (tertiary/aromatic N) is 11. The predicted molar refractivity (Wildman–Crippen MR) is 174 cm³/mol. The molecule has 10 rings (SSSR count). The van der Waals surface area contributed by atoms with Crippen LogP contribution in [0.5, 0.6) is 0 Å². The molecular weight excluding hydrogens is 574 g/mol. The van der Waals surface area contributed by atoms with E-state index in [1.165, 1.54) is 0 Å². The van der Waals surface area contributed by atoms with Crippen LogP contribution in [-0.2, 0) is 0 Å². The molecule has 0 atom stereocenters. The van der Waals surface area contributed by atoms with E-state index in [4.69, 9.17) is 29.9 Å². The van der Waals surface area contributed by atoms with Crippen LogP contribution in [0.25, 0.3) is 71.7 Å². The molecule has 0 unspecified atom stereocenters. The van der Waals surface area contributed by atoms with Gasteiger partial charge in [0.15, 0.2) is 11.3 Å². The van der Waals surface area contributed by atoms with Gasteiger partial charge in [0.05, 0.1) is 52.3 Å². The van der Waals surface area contributed by atoms with Crippen molar-refractivity contribution >= 4 is 60.5 Å². The van der Waals surface area contributed by atoms with E-state index >= 15 is 0 Å². The highest BCUT2D eigenvalue weighted by Gasteiger charge is 2.24. The zero-order valence-corrected chi connectivity index (χ0v) is 23.9. The maximum Gasteiger partial charge on any atom is 0.165 e. The van der Waals surface area contributed by atoms with Crippen molar-refractivity contribution in [3.8, 4) is 11.3 Å². The Hall–Kier alpha value is -6.75. The van der Waals surface area contributed by atoms with Crippen molar-refractivity contribution in [3.63, 3.8) is 0 Å². The minimum atomic E-state index is 0.616. The van der Waals surface area contributed by atoms with E-state index in [1.807, 2.05) is 18.3 Å². The summed E-state index contributed by atoms with van der Waals surface area (Å²) in [4.78, 5) is 42.7. The van der Waals surface area contributed by atoms with Crippen LogP contribution in [-0.4, -0.2) is 53.7 Å². The van der Waals surface area contributed by atoms with Gasteiger partial charge in [-0.25, -0.2) is 15.0 Å². The Bertz CT molecular complexity index is 2810. The number of hydrogen-bond donors (Lipinski definition) is 0. The molecule has 10 aromatic rings. The summed E-state index contributed by atoms with van der Waals surface area (Å²) in [5.41, 5.74) is 9.19. The summed E-state index contributed by atoms with van der Waals surface area (Å²) in [7, 11) is 0. The minimum absolute atomic E-state index is 0.616. The van der Waals surface area contributed by atoms with Gasteiger partial charge in [0, 0.05) is 76.7 Å². The lowest BCUT2D eigenvalue weighted by Crippen LogP contribution is -2.26. The molecule has 8 heterocycles. The fourth-order valence-electron chi connectivity index (χ4n) is 6.62. The Morgan fingerprint density at radius 2 is 1.07 bits per heavy atom. The SMILES string of the molecule is c1cc2c3cccc4c5nc(-c6ccncc6)cnc5n(c(=C(c5cnccn5)c5cnccn5)n5c6nccnc6c(c1)c25)c34. The number of para-hydroxylation sites is 2. The second-order valence-corrected chi connectivity index (χ2v) is 10.8. The highest BCUT2D eigenvalue weighted by atomic mass is 15.1. The molecule has 2 aromatic carbocycles. The van der Waals surface area contributed by atoms with Gasteiger partial charge >= 0.3 is 0 Å². The van der Waals surface area contributed by atoms with Gasteiger partial charge in [-0.15, -0.1) is 0 Å². The Morgan fingerprint density at radius 1 is 0.478 bits per heavy atom. The molecule has 0 spiro atoms. The molecule has 0 fully saturated rings. The van der Waals surface area contributed by atoms with Gasteiger partial charge in [0.2, 0.25) is 0 Å². The van der Waals surface area contributed by atoms with E-state index in [0.717, 1.165) is 60.3 Å². The summed E-state index contributed by atoms with van der Waals surface area (Å²) in [6.07, 6.45) is 18.9. The smallest absolute Gasteiger partial charge is 0.165 e. The molecule has 0 saturated heterocycles. The molecular formula is C35H19N11. The first-order valence-electron chi connectivity index (χ1n) is 14.6. The summed E-state index contributed by atoms with van der Waals surface area (Å²) >= 11 is 0. The van der Waals surface area contributed by atoms with Crippen LogP contribution in [0.15, 0.2) is 117 Å². The minimum Gasteiger partial charge on any atom is -0.276 e. The number of aromatic nitrogens is 11. The van der Waals surface area contributed by atoms with Crippen molar-refractivity contribution in [3.05, 3.63) is 134 Å². The lowest BCUT2D eigenvalue weighted by Gasteiger charge is -2.09. The lowest BCUT2D eigenvalue weighted by molar-refractivity contribution is 0.984. The fraction of sp³-hybridized carbons (Fsp3) is 0. The molecule has 11 nitrogen and oxygen atoms in total. The van der Waals surface area contributed by atoms with Gasteiger partial charge in [-0.1, -0.05) is 36.4 Å². The molecule has 214 valence electrons. The highest BCUT2D eigenvalue weighted by molar-refractivity contribution is 6.22. The second-order valence-electron chi connectivity index (χ2n) is 10.8. The maximum atomic E-state index is 5.21. The molecule has 0 aliphatic heterocycles. The van der Waals surface area contributed by atoms with Crippen molar-refractivity contribution in [2.45, 2.75) is 0 Å². The topological polar surface area (TPSA) is 125 Å². The molecule has 0 N–H and O–H groups in total. The largest absolute Gasteiger partial charge is 0.276 e. The van der Waals surface area contributed by atoms with Crippen LogP contribution in [0.3, 0.4) is 0 Å². The van der Waals surface area contributed by atoms with Crippen molar-refractivity contribution in [2.24, 2.45) is 0 Å². The Labute approximate surface area is 258 Å². The van der Waals surface area contributed by atoms with E-state index in [1.54, 1.807) is 62.0 Å².